The number of nitrogens with one attached hydrogen (secondary N) is 1. The Labute approximate surface area is 194 Å². The zero-order chi connectivity index (χ0) is 23.8. The third kappa shape index (κ3) is 4.40. The summed E-state index contributed by atoms with van der Waals surface area (Å²) in [7, 11) is -1.81. The third-order valence-electron chi connectivity index (χ3n) is 5.64. The predicted octanol–water partition coefficient (Wildman–Crippen LogP) is 1.05. The lowest BCUT2D eigenvalue weighted by Gasteiger charge is -2.17. The van der Waals surface area contributed by atoms with Gasteiger partial charge in [-0.3, -0.25) is 9.59 Å². The average molecular weight is 493 g/mol. The van der Waals surface area contributed by atoms with Gasteiger partial charge >= 0.3 is 0 Å². The van der Waals surface area contributed by atoms with E-state index in [1.54, 1.807) is 6.92 Å². The zero-order valence-corrected chi connectivity index (χ0v) is 19.5. The van der Waals surface area contributed by atoms with Crippen LogP contribution >= 0.6 is 11.6 Å². The van der Waals surface area contributed by atoms with Crippen LogP contribution in [-0.4, -0.2) is 56.2 Å². The van der Waals surface area contributed by atoms with E-state index in [-0.39, 0.29) is 30.3 Å². The van der Waals surface area contributed by atoms with E-state index in [1.165, 1.54) is 36.3 Å². The van der Waals surface area contributed by atoms with Gasteiger partial charge in [0.15, 0.2) is 9.84 Å². The Bertz CT molecular complexity index is 1390. The number of hydrogen-bond acceptors (Lipinski definition) is 9. The second-order valence-corrected chi connectivity index (χ2v) is 10.9. The summed E-state index contributed by atoms with van der Waals surface area (Å²) in [6.07, 6.45) is 5.24. The Morgan fingerprint density at radius 1 is 1.27 bits per heavy atom. The van der Waals surface area contributed by atoms with Crippen LogP contribution in [0.1, 0.15) is 35.9 Å². The number of carbonyl (C=O) groups excluding carboxylic acids is 1. The van der Waals surface area contributed by atoms with Crippen molar-refractivity contribution in [1.82, 2.24) is 30.0 Å². The molecule has 1 aliphatic rings. The molecule has 0 atom stereocenters. The SMILES string of the molecule is CCS(=O)(=O)C1(COc2nncc3cc(C(=O)NCc4ncc(Cl)cn4)c(=O)n(C)c23)CC1. The maximum atomic E-state index is 12.9. The van der Waals surface area contributed by atoms with Crippen molar-refractivity contribution in [3.63, 3.8) is 0 Å². The molecule has 1 aliphatic carbocycles. The van der Waals surface area contributed by atoms with E-state index < -0.39 is 26.1 Å². The number of fused-ring (bicyclic) bond motifs is 1. The van der Waals surface area contributed by atoms with Gasteiger partial charge in [-0.05, 0) is 18.9 Å². The van der Waals surface area contributed by atoms with Crippen LogP contribution in [0.5, 0.6) is 5.88 Å². The number of aromatic nitrogens is 5. The van der Waals surface area contributed by atoms with Gasteiger partial charge in [0.2, 0.25) is 0 Å². The van der Waals surface area contributed by atoms with Crippen LogP contribution in [0, 0.1) is 0 Å². The first kappa shape index (κ1) is 23.1. The highest BCUT2D eigenvalue weighted by Crippen LogP contribution is 2.44. The number of hydrogen-bond donors (Lipinski definition) is 1. The minimum absolute atomic E-state index is 0.00807. The monoisotopic (exact) mass is 492 g/mol. The fraction of sp³-hybridized carbons (Fsp3) is 0.400. The minimum Gasteiger partial charge on any atom is -0.473 e. The molecule has 0 radical (unpaired) electrons. The van der Waals surface area contributed by atoms with Crippen LogP contribution in [0.15, 0.2) is 29.5 Å². The first-order valence-corrected chi connectivity index (χ1v) is 12.2. The molecule has 0 aliphatic heterocycles. The molecule has 33 heavy (non-hydrogen) atoms. The highest BCUT2D eigenvalue weighted by Gasteiger charge is 2.54. The van der Waals surface area contributed by atoms with Gasteiger partial charge in [0.05, 0.1) is 17.8 Å². The highest BCUT2D eigenvalue weighted by molar-refractivity contribution is 7.93. The largest absolute Gasteiger partial charge is 0.473 e. The highest BCUT2D eigenvalue weighted by atomic mass is 35.5. The molecule has 1 saturated carbocycles. The molecule has 3 aromatic heterocycles. The first-order chi connectivity index (χ1) is 15.7. The van der Waals surface area contributed by atoms with Crippen molar-refractivity contribution in [2.75, 3.05) is 12.4 Å². The summed E-state index contributed by atoms with van der Waals surface area (Å²) in [4.78, 5) is 33.6. The number of aryl methyl sites for hydroxylation is 1. The Balaban J connectivity index is 1.59. The van der Waals surface area contributed by atoms with Gasteiger partial charge in [0.1, 0.15) is 28.3 Å². The van der Waals surface area contributed by atoms with Gasteiger partial charge in [-0.25, -0.2) is 18.4 Å². The molecule has 174 valence electrons. The Kier molecular flexibility index (Phi) is 6.06. The van der Waals surface area contributed by atoms with E-state index in [1.807, 2.05) is 0 Å². The molecule has 1 N–H and O–H groups in total. The fourth-order valence-corrected chi connectivity index (χ4v) is 5.13. The second kappa shape index (κ2) is 8.67. The number of amides is 1. The van der Waals surface area contributed by atoms with Gasteiger partial charge in [-0.1, -0.05) is 18.5 Å². The molecule has 3 aromatic rings. The average Bonchev–Trinajstić information content (AvgIpc) is 3.61. The molecule has 0 bridgehead atoms. The van der Waals surface area contributed by atoms with Crippen LogP contribution < -0.4 is 15.6 Å². The van der Waals surface area contributed by atoms with Gasteiger partial charge in [0, 0.05) is 30.6 Å². The lowest BCUT2D eigenvalue weighted by Crippen LogP contribution is -2.33. The van der Waals surface area contributed by atoms with Crippen LogP contribution in [-0.2, 0) is 23.4 Å². The Morgan fingerprint density at radius 2 is 1.97 bits per heavy atom. The molecule has 1 amide bonds. The van der Waals surface area contributed by atoms with Crippen LogP contribution in [0.4, 0.5) is 0 Å². The number of carbonyl (C=O) groups is 1. The van der Waals surface area contributed by atoms with E-state index in [2.05, 4.69) is 25.5 Å². The van der Waals surface area contributed by atoms with Crippen molar-refractivity contribution in [2.45, 2.75) is 31.1 Å². The first-order valence-electron chi connectivity index (χ1n) is 10.1. The predicted molar refractivity (Wildman–Crippen MR) is 120 cm³/mol. The maximum absolute atomic E-state index is 12.9. The van der Waals surface area contributed by atoms with E-state index in [0.717, 1.165) is 0 Å². The standard InChI is InChI=1S/C20H21ClN6O5S/c1-3-33(30,31)20(4-5-20)11-32-18-16-12(7-25-26-18)6-14(19(29)27(16)2)17(28)24-10-15-22-8-13(21)9-23-15/h6-9H,3-5,10-11H2,1-2H3,(H,24,28). The van der Waals surface area contributed by atoms with Crippen molar-refractivity contribution in [3.8, 4) is 5.88 Å². The van der Waals surface area contributed by atoms with E-state index in [0.29, 0.717) is 34.6 Å². The van der Waals surface area contributed by atoms with Gasteiger partial charge in [-0.15, -0.1) is 5.10 Å². The van der Waals surface area contributed by atoms with E-state index in [4.69, 9.17) is 16.3 Å². The molecular weight excluding hydrogens is 472 g/mol. The number of halogens is 1. The number of sulfone groups is 1. The smallest absolute Gasteiger partial charge is 0.263 e. The molecule has 13 heteroatoms. The fourth-order valence-electron chi connectivity index (χ4n) is 3.45. The molecular formula is C20H21ClN6O5S. The maximum Gasteiger partial charge on any atom is 0.263 e. The summed E-state index contributed by atoms with van der Waals surface area (Å²) in [5.74, 6) is -0.217. The summed E-state index contributed by atoms with van der Waals surface area (Å²) < 4.78 is 30.8. The topological polar surface area (TPSA) is 146 Å². The van der Waals surface area contributed by atoms with Crippen LogP contribution in [0.25, 0.3) is 10.9 Å². The summed E-state index contributed by atoms with van der Waals surface area (Å²) >= 11 is 5.75. The summed E-state index contributed by atoms with van der Waals surface area (Å²) in [5.41, 5.74) is -0.361. The molecule has 0 unspecified atom stereocenters. The van der Waals surface area contributed by atoms with Crippen molar-refractivity contribution in [2.24, 2.45) is 7.05 Å². The molecule has 0 aromatic carbocycles. The van der Waals surface area contributed by atoms with Crippen molar-refractivity contribution < 1.29 is 17.9 Å². The Hall–Kier alpha value is -3.12. The molecule has 1 fully saturated rings. The minimum atomic E-state index is -3.29. The van der Waals surface area contributed by atoms with Crippen molar-refractivity contribution in [1.29, 1.82) is 0 Å². The summed E-state index contributed by atoms with van der Waals surface area (Å²) in [6, 6.07) is 1.40. The van der Waals surface area contributed by atoms with Crippen LogP contribution in [0.2, 0.25) is 5.02 Å². The second-order valence-electron chi connectivity index (χ2n) is 7.75. The molecule has 3 heterocycles. The Morgan fingerprint density at radius 3 is 2.61 bits per heavy atom. The van der Waals surface area contributed by atoms with Gasteiger partial charge in [0.25, 0.3) is 17.3 Å². The lowest BCUT2D eigenvalue weighted by atomic mass is 10.2. The number of rotatable bonds is 8. The summed E-state index contributed by atoms with van der Waals surface area (Å²) in [6.45, 7) is 1.53. The molecule has 4 rings (SSSR count). The van der Waals surface area contributed by atoms with Crippen molar-refractivity contribution >= 4 is 38.2 Å². The van der Waals surface area contributed by atoms with Gasteiger partial charge < -0.3 is 14.6 Å². The molecule has 0 spiro atoms. The number of ether oxygens (including phenoxy) is 1. The molecule has 0 saturated heterocycles. The number of pyridine rings is 1. The quantitative estimate of drug-likeness (QED) is 0.487. The molecule has 11 nitrogen and oxygen atoms in total. The van der Waals surface area contributed by atoms with Crippen molar-refractivity contribution in [3.05, 3.63) is 51.4 Å². The van der Waals surface area contributed by atoms with E-state index >= 15 is 0 Å². The normalized spacial score (nSPS) is 14.8. The third-order valence-corrected chi connectivity index (χ3v) is 8.44. The van der Waals surface area contributed by atoms with Gasteiger partial charge in [-0.2, -0.15) is 5.10 Å². The van der Waals surface area contributed by atoms with Crippen LogP contribution in [0.3, 0.4) is 0 Å². The lowest BCUT2D eigenvalue weighted by molar-refractivity contribution is 0.0948. The van der Waals surface area contributed by atoms with E-state index in [9.17, 15) is 18.0 Å². The number of nitrogens with zero attached hydrogens (tertiary/aromatic N) is 5. The zero-order valence-electron chi connectivity index (χ0n) is 17.9. The summed E-state index contributed by atoms with van der Waals surface area (Å²) in [5, 5.41) is 11.3.